The minimum absolute atomic E-state index is 0.0597. The molecule has 6 heterocycles. The normalized spacial score (nSPS) is 23.5. The first-order valence-electron chi connectivity index (χ1n) is 16.5. The molecule has 1 saturated heterocycles. The molecule has 2 N–H and O–H groups in total. The Bertz CT molecular complexity index is 2060. The fourth-order valence-corrected chi connectivity index (χ4v) is 7.24. The number of piperidine rings is 1. The van der Waals surface area contributed by atoms with Crippen LogP contribution in [0, 0.1) is 12.3 Å². The highest BCUT2D eigenvalue weighted by molar-refractivity contribution is 9.10. The second-order valence-corrected chi connectivity index (χ2v) is 14.1. The molecule has 4 aromatic heterocycles. The van der Waals surface area contributed by atoms with Crippen molar-refractivity contribution in [3.8, 4) is 11.3 Å². The Kier molecular flexibility index (Phi) is 9.12. The summed E-state index contributed by atoms with van der Waals surface area (Å²) in [6.45, 7) is 2.89. The molecule has 2 bridgehead atoms. The number of fused-ring (bicyclic) bond motifs is 3. The molecule has 3 aliphatic rings. The monoisotopic (exact) mass is 765 g/mol. The lowest BCUT2D eigenvalue weighted by molar-refractivity contribution is -0.147. The highest BCUT2D eigenvalue weighted by Crippen LogP contribution is 2.59. The van der Waals surface area contributed by atoms with Gasteiger partial charge in [-0.25, -0.2) is 15.0 Å². The summed E-state index contributed by atoms with van der Waals surface area (Å²) in [5.41, 5.74) is 1.49. The molecule has 0 radical (unpaired) electrons. The van der Waals surface area contributed by atoms with E-state index in [0.29, 0.717) is 51.0 Å². The third-order valence-corrected chi connectivity index (χ3v) is 10.2. The molecule has 0 aromatic carbocycles. The lowest BCUT2D eigenvalue weighted by Gasteiger charge is -2.27. The first-order chi connectivity index (χ1) is 24.3. The Labute approximate surface area is 298 Å². The van der Waals surface area contributed by atoms with E-state index in [-0.39, 0.29) is 56.4 Å². The van der Waals surface area contributed by atoms with Crippen molar-refractivity contribution < 1.29 is 32.7 Å². The summed E-state index contributed by atoms with van der Waals surface area (Å²) in [4.78, 5) is 72.4. The predicted molar refractivity (Wildman–Crippen MR) is 181 cm³/mol. The Morgan fingerprint density at radius 1 is 1.10 bits per heavy atom. The molecular weight excluding hydrogens is 732 g/mol. The average Bonchev–Trinajstić information content (AvgIpc) is 3.51. The molecule has 1 saturated carbocycles. The van der Waals surface area contributed by atoms with Gasteiger partial charge in [0.05, 0.1) is 24.0 Å². The van der Waals surface area contributed by atoms with Crippen LogP contribution in [-0.4, -0.2) is 89.3 Å². The van der Waals surface area contributed by atoms with Gasteiger partial charge in [0.15, 0.2) is 5.78 Å². The first kappa shape index (κ1) is 34.7. The molecule has 2 aliphatic heterocycles. The molecule has 3 amide bonds. The van der Waals surface area contributed by atoms with Crippen molar-refractivity contribution in [3.63, 3.8) is 0 Å². The number of hydrogen-bond acceptors (Lipinski definition) is 10. The van der Waals surface area contributed by atoms with Gasteiger partial charge in [0.2, 0.25) is 11.8 Å². The number of carbonyl (C=O) groups excluding carboxylic acids is 4. The number of amides is 3. The first-order valence-corrected chi connectivity index (χ1v) is 17.3. The van der Waals surface area contributed by atoms with E-state index in [2.05, 4.69) is 51.6 Å². The van der Waals surface area contributed by atoms with Gasteiger partial charge in [-0.1, -0.05) is 6.07 Å². The Morgan fingerprint density at radius 2 is 1.88 bits per heavy atom. The number of ether oxygens (including phenoxy) is 1. The van der Waals surface area contributed by atoms with E-state index >= 15 is 0 Å². The van der Waals surface area contributed by atoms with Crippen LogP contribution in [0.1, 0.15) is 60.9 Å². The van der Waals surface area contributed by atoms with Crippen LogP contribution in [0.3, 0.4) is 0 Å². The van der Waals surface area contributed by atoms with E-state index in [0.717, 1.165) is 0 Å². The Hall–Kier alpha value is -4.77. The minimum Gasteiger partial charge on any atom is -0.377 e. The number of alkyl halides is 2. The SMILES string of the molecule is CC(=O)c1nn(CC(=O)N2[C@H]3C[C@@]4(CNC(=O)C(F)(F)CCCCOCc5ccc(Br)nc5NC3=O)C[C@@H]24)c2cnc(-c3cnc(C)nc3)cc12. The van der Waals surface area contributed by atoms with Gasteiger partial charge in [0.1, 0.15) is 34.5 Å². The number of aromatic nitrogens is 6. The molecule has 17 heteroatoms. The highest BCUT2D eigenvalue weighted by atomic mass is 79.9. The molecule has 1 spiro atoms. The van der Waals surface area contributed by atoms with Gasteiger partial charge in [-0.15, -0.1) is 0 Å². The molecule has 7 rings (SSSR count). The van der Waals surface area contributed by atoms with E-state index in [4.69, 9.17) is 4.74 Å². The van der Waals surface area contributed by atoms with Gasteiger partial charge in [-0.3, -0.25) is 28.8 Å². The maximum atomic E-state index is 14.8. The van der Waals surface area contributed by atoms with Gasteiger partial charge < -0.3 is 20.3 Å². The molecule has 266 valence electrons. The van der Waals surface area contributed by atoms with E-state index in [1.54, 1.807) is 37.5 Å². The summed E-state index contributed by atoms with van der Waals surface area (Å²) >= 11 is 3.34. The number of aryl methyl sites for hydroxylation is 1. The third-order valence-electron chi connectivity index (χ3n) is 9.75. The van der Waals surface area contributed by atoms with Crippen LogP contribution in [0.5, 0.6) is 0 Å². The molecule has 51 heavy (non-hydrogen) atoms. The fraction of sp³-hybridized carbons (Fsp3) is 0.441. The van der Waals surface area contributed by atoms with Gasteiger partial charge in [-0.2, -0.15) is 13.9 Å². The maximum absolute atomic E-state index is 14.8. The second-order valence-electron chi connectivity index (χ2n) is 13.3. The van der Waals surface area contributed by atoms with Crippen LogP contribution in [0.15, 0.2) is 41.4 Å². The molecule has 4 aromatic rings. The number of hydrogen-bond donors (Lipinski definition) is 2. The lowest BCUT2D eigenvalue weighted by atomic mass is 9.98. The van der Waals surface area contributed by atoms with Gasteiger partial charge in [-0.05, 0) is 60.7 Å². The number of nitrogens with zero attached hydrogens (tertiary/aromatic N) is 7. The predicted octanol–water partition coefficient (Wildman–Crippen LogP) is 4.01. The molecule has 2 fully saturated rings. The van der Waals surface area contributed by atoms with Crippen LogP contribution in [0.25, 0.3) is 22.2 Å². The number of halogens is 3. The summed E-state index contributed by atoms with van der Waals surface area (Å²) in [5.74, 6) is -5.47. The number of carbonyl (C=O) groups is 4. The zero-order valence-corrected chi connectivity index (χ0v) is 29.4. The quantitative estimate of drug-likeness (QED) is 0.228. The summed E-state index contributed by atoms with van der Waals surface area (Å²) in [6, 6.07) is 3.59. The van der Waals surface area contributed by atoms with Crippen molar-refractivity contribution in [1.82, 2.24) is 39.9 Å². The number of likely N-dealkylation sites (tertiary alicyclic amines) is 1. The second kappa shape index (κ2) is 13.4. The standard InChI is InChI=1S/C34H34BrF2N9O5/c1-18(47)29-22-9-23(21-12-38-19(2)39-13-21)40-14-25(22)45(44-29)15-28(48)46-24-10-33(11-26(33)46)17-41-32(50)34(36,37)7-3-4-8-51-16-20-5-6-27(35)42-30(20)43-31(24)49/h5-6,9,12-14,24,26H,3-4,7-8,10-11,15-17H2,1-2H3,(H,41,50)(H,42,43,49)/t24-,26+,33-/m0/s1. The van der Waals surface area contributed by atoms with Crippen LogP contribution >= 0.6 is 15.9 Å². The van der Waals surface area contributed by atoms with Gasteiger partial charge >= 0.3 is 5.92 Å². The number of Topliss-reactive ketones (excluding diaryl/α,β-unsaturated/α-hetero) is 1. The lowest BCUT2D eigenvalue weighted by Crippen LogP contribution is -2.47. The average molecular weight is 767 g/mol. The molecule has 14 nitrogen and oxygen atoms in total. The fourth-order valence-electron chi connectivity index (χ4n) is 6.93. The molecular formula is C34H34BrF2N9O5. The summed E-state index contributed by atoms with van der Waals surface area (Å²) in [5, 5.41) is 10.2. The van der Waals surface area contributed by atoms with Crippen molar-refractivity contribution in [2.75, 3.05) is 18.5 Å². The number of rotatable bonds is 4. The zero-order valence-electron chi connectivity index (χ0n) is 27.8. The third kappa shape index (κ3) is 6.83. The van der Waals surface area contributed by atoms with Gasteiger partial charge in [0, 0.05) is 66.9 Å². The number of anilines is 1. The van der Waals surface area contributed by atoms with Crippen molar-refractivity contribution in [2.24, 2.45) is 5.41 Å². The largest absolute Gasteiger partial charge is 0.377 e. The van der Waals surface area contributed by atoms with Crippen LogP contribution in [-0.2, 0) is 32.3 Å². The van der Waals surface area contributed by atoms with Crippen molar-refractivity contribution in [3.05, 3.63) is 58.5 Å². The van der Waals surface area contributed by atoms with Gasteiger partial charge in [0.25, 0.3) is 5.91 Å². The van der Waals surface area contributed by atoms with Crippen molar-refractivity contribution in [1.29, 1.82) is 0 Å². The smallest absolute Gasteiger partial charge is 0.324 e. The minimum atomic E-state index is -3.58. The Morgan fingerprint density at radius 3 is 2.65 bits per heavy atom. The molecule has 1 aliphatic carbocycles. The molecule has 0 unspecified atom stereocenters. The zero-order chi connectivity index (χ0) is 36.1. The van der Waals surface area contributed by atoms with E-state index in [1.165, 1.54) is 22.7 Å². The summed E-state index contributed by atoms with van der Waals surface area (Å²) in [6.07, 6.45) is 5.05. The topological polar surface area (TPSA) is 174 Å². The highest BCUT2D eigenvalue weighted by Gasteiger charge is 2.67. The summed E-state index contributed by atoms with van der Waals surface area (Å²) in [7, 11) is 0. The molecule has 3 atom stereocenters. The number of nitrogens with one attached hydrogen (secondary N) is 2. The Balaban J connectivity index is 1.20. The van der Waals surface area contributed by atoms with E-state index < -0.39 is 47.6 Å². The van der Waals surface area contributed by atoms with Crippen molar-refractivity contribution in [2.45, 2.75) is 77.1 Å². The van der Waals surface area contributed by atoms with Crippen LogP contribution in [0.2, 0.25) is 0 Å². The maximum Gasteiger partial charge on any atom is 0.324 e. The number of pyridine rings is 2. The van der Waals surface area contributed by atoms with Crippen molar-refractivity contribution >= 4 is 56.2 Å². The van der Waals surface area contributed by atoms with Crippen LogP contribution in [0.4, 0.5) is 14.6 Å². The van der Waals surface area contributed by atoms with E-state index in [9.17, 15) is 28.0 Å². The van der Waals surface area contributed by atoms with E-state index in [1.807, 2.05) is 0 Å². The number of ketones is 1. The summed E-state index contributed by atoms with van der Waals surface area (Å²) < 4.78 is 37.1. The van der Waals surface area contributed by atoms with Crippen LogP contribution < -0.4 is 10.6 Å².